The molecule has 3 rings (SSSR count). The number of halogens is 1. The molecule has 0 aliphatic heterocycles. The molecule has 0 radical (unpaired) electrons. The molecule has 146 valence electrons. The Bertz CT molecular complexity index is 572. The van der Waals surface area contributed by atoms with E-state index in [1.807, 2.05) is 6.07 Å². The summed E-state index contributed by atoms with van der Waals surface area (Å²) in [6.07, 6.45) is 20.1. The molecule has 0 atom stereocenters. The second-order valence-corrected chi connectivity index (χ2v) is 11.4. The monoisotopic (exact) mass is 468 g/mol. The van der Waals surface area contributed by atoms with E-state index in [1.54, 1.807) is 0 Å². The molecule has 1 nitrogen and oxygen atoms in total. The lowest BCUT2D eigenvalue weighted by Crippen LogP contribution is -1.98. The van der Waals surface area contributed by atoms with Gasteiger partial charge in [-0.1, -0.05) is 73.8 Å². The van der Waals surface area contributed by atoms with E-state index in [9.17, 15) is 5.11 Å². The number of rotatable bonds is 13. The summed E-state index contributed by atoms with van der Waals surface area (Å²) in [5.74, 6) is 0.500. The molecule has 2 aliphatic rings. The van der Waals surface area contributed by atoms with Gasteiger partial charge in [-0.25, -0.2) is 0 Å². The van der Waals surface area contributed by atoms with E-state index < -0.39 is 0 Å². The summed E-state index contributed by atoms with van der Waals surface area (Å²) in [6.45, 7) is 2.36. The highest BCUT2D eigenvalue weighted by atomic mass is 127. The number of unbranched alkanes of at least 4 members (excludes halogenated alkanes) is 4. The van der Waals surface area contributed by atoms with E-state index in [-0.39, 0.29) is 0 Å². The molecule has 26 heavy (non-hydrogen) atoms. The molecule has 0 spiro atoms. The predicted molar refractivity (Wildman–Crippen MR) is 120 cm³/mol. The van der Waals surface area contributed by atoms with Gasteiger partial charge < -0.3 is 5.11 Å². The molecule has 2 aliphatic carbocycles. The van der Waals surface area contributed by atoms with Crippen molar-refractivity contribution in [3.8, 4) is 5.75 Å². The lowest BCUT2D eigenvalue weighted by molar-refractivity contribution is 0.422. The molecule has 0 heterocycles. The molecule has 1 aromatic carbocycles. The Kier molecular flexibility index (Phi) is 7.32. The van der Waals surface area contributed by atoms with Crippen LogP contribution in [0.3, 0.4) is 0 Å². The lowest BCUT2D eigenvalue weighted by Gasteiger charge is -2.12. The van der Waals surface area contributed by atoms with Crippen molar-refractivity contribution in [3.63, 3.8) is 0 Å². The smallest absolute Gasteiger partial charge is 0.118 e. The average molecular weight is 468 g/mol. The highest BCUT2D eigenvalue weighted by Crippen LogP contribution is 2.52. The van der Waals surface area contributed by atoms with Crippen LogP contribution in [0.5, 0.6) is 5.75 Å². The van der Waals surface area contributed by atoms with Gasteiger partial charge in [0, 0.05) is 3.42 Å². The van der Waals surface area contributed by atoms with Crippen LogP contribution < -0.4 is 0 Å². The fourth-order valence-corrected chi connectivity index (χ4v) is 4.93. The Morgan fingerprint density at radius 3 is 2.23 bits per heavy atom. The fourth-order valence-electron chi connectivity index (χ4n) is 4.28. The zero-order valence-corrected chi connectivity index (χ0v) is 18.8. The first-order valence-corrected chi connectivity index (χ1v) is 12.1. The number of benzene rings is 1. The third kappa shape index (κ3) is 6.42. The van der Waals surface area contributed by atoms with Gasteiger partial charge in [0.15, 0.2) is 0 Å². The van der Waals surface area contributed by atoms with Gasteiger partial charge in [-0.15, -0.1) is 0 Å². The van der Waals surface area contributed by atoms with Crippen LogP contribution in [0.4, 0.5) is 0 Å². The summed E-state index contributed by atoms with van der Waals surface area (Å²) in [5.41, 5.74) is 3.34. The fraction of sp³-hybridized carbons (Fsp3) is 0.750. The van der Waals surface area contributed by atoms with Crippen LogP contribution in [0.1, 0.15) is 102 Å². The zero-order valence-electron chi connectivity index (χ0n) is 16.7. The van der Waals surface area contributed by atoms with Gasteiger partial charge in [-0.3, -0.25) is 0 Å². The Morgan fingerprint density at radius 2 is 1.58 bits per heavy atom. The van der Waals surface area contributed by atoms with Gasteiger partial charge >= 0.3 is 0 Å². The van der Waals surface area contributed by atoms with Gasteiger partial charge in [0.2, 0.25) is 0 Å². The normalized spacial score (nSPS) is 19.5. The number of alkyl halides is 1. The Morgan fingerprint density at radius 1 is 0.885 bits per heavy atom. The van der Waals surface area contributed by atoms with Crippen LogP contribution in [0.25, 0.3) is 0 Å². The van der Waals surface area contributed by atoms with Crippen LogP contribution in [0.2, 0.25) is 0 Å². The van der Waals surface area contributed by atoms with Gasteiger partial charge in [0.25, 0.3) is 0 Å². The predicted octanol–water partition coefficient (Wildman–Crippen LogP) is 7.76. The van der Waals surface area contributed by atoms with Gasteiger partial charge in [-0.2, -0.15) is 0 Å². The molecule has 1 aromatic rings. The lowest BCUT2D eigenvalue weighted by atomic mass is 9.94. The summed E-state index contributed by atoms with van der Waals surface area (Å²) in [5, 5.41) is 10.2. The zero-order chi connectivity index (χ0) is 18.5. The summed E-state index contributed by atoms with van der Waals surface area (Å²) in [4.78, 5) is 0. The Hall–Kier alpha value is -0.250. The minimum absolute atomic E-state index is 0.500. The van der Waals surface area contributed by atoms with Gasteiger partial charge in [-0.05, 0) is 86.8 Å². The number of hydrogen-bond donors (Lipinski definition) is 1. The highest BCUT2D eigenvalue weighted by Gasteiger charge is 2.39. The third-order valence-corrected chi connectivity index (χ3v) is 8.51. The van der Waals surface area contributed by atoms with Crippen molar-refractivity contribution in [2.75, 3.05) is 0 Å². The average Bonchev–Trinajstić information content (AvgIpc) is 3.55. The van der Waals surface area contributed by atoms with Crippen LogP contribution in [0, 0.1) is 5.41 Å². The molecule has 0 unspecified atom stereocenters. The molecule has 0 saturated heterocycles. The molecule has 1 N–H and O–H groups in total. The molecule has 2 heteroatoms. The van der Waals surface area contributed by atoms with Crippen molar-refractivity contribution >= 4 is 22.6 Å². The van der Waals surface area contributed by atoms with Crippen LogP contribution in [-0.2, 0) is 12.8 Å². The number of phenols is 1. The van der Waals surface area contributed by atoms with E-state index in [1.165, 1.54) is 101 Å². The molecule has 0 amide bonds. The Balaban J connectivity index is 1.32. The van der Waals surface area contributed by atoms with Crippen molar-refractivity contribution in [1.82, 2.24) is 0 Å². The van der Waals surface area contributed by atoms with Crippen LogP contribution >= 0.6 is 22.6 Å². The van der Waals surface area contributed by atoms with E-state index in [2.05, 4.69) is 41.6 Å². The second-order valence-electron chi connectivity index (χ2n) is 9.09. The quantitative estimate of drug-likeness (QED) is 0.178. The molecular formula is C24H37IO. The summed E-state index contributed by atoms with van der Waals surface area (Å²) in [6, 6.07) is 6.32. The molecule has 0 bridgehead atoms. The van der Waals surface area contributed by atoms with E-state index in [4.69, 9.17) is 0 Å². The second kappa shape index (κ2) is 9.30. The van der Waals surface area contributed by atoms with E-state index >= 15 is 0 Å². The maximum atomic E-state index is 10.2. The van der Waals surface area contributed by atoms with Crippen molar-refractivity contribution in [3.05, 3.63) is 29.3 Å². The molecular weight excluding hydrogens is 431 g/mol. The number of hydrogen-bond acceptors (Lipinski definition) is 1. The first kappa shape index (κ1) is 20.5. The number of phenolic OH excluding ortho intramolecular Hbond substituents is 1. The highest BCUT2D eigenvalue weighted by molar-refractivity contribution is 14.1. The van der Waals surface area contributed by atoms with Gasteiger partial charge in [0.1, 0.15) is 5.75 Å². The minimum Gasteiger partial charge on any atom is -0.508 e. The van der Waals surface area contributed by atoms with E-state index in [0.29, 0.717) is 9.17 Å². The summed E-state index contributed by atoms with van der Waals surface area (Å²) >= 11 is 2.65. The van der Waals surface area contributed by atoms with Crippen molar-refractivity contribution in [2.45, 2.75) is 107 Å². The summed E-state index contributed by atoms with van der Waals surface area (Å²) < 4.78 is 0.663. The first-order chi connectivity index (χ1) is 12.5. The van der Waals surface area contributed by atoms with Gasteiger partial charge in [0.05, 0.1) is 0 Å². The SMILES string of the molecule is CCC1(CCCCCc2ccc(O)c(CCCCCC3(I)CC3)c2)CC1. The van der Waals surface area contributed by atoms with Crippen LogP contribution in [0.15, 0.2) is 18.2 Å². The number of aryl methyl sites for hydroxylation is 2. The topological polar surface area (TPSA) is 20.2 Å². The van der Waals surface area contributed by atoms with Crippen molar-refractivity contribution in [1.29, 1.82) is 0 Å². The van der Waals surface area contributed by atoms with Crippen molar-refractivity contribution < 1.29 is 5.11 Å². The largest absolute Gasteiger partial charge is 0.508 e. The standard InChI is InChI=1S/C24H37IO/c1-2-23(15-16-23)13-7-3-5-9-20-11-12-22(26)21(19-20)10-6-4-8-14-24(25)17-18-24/h11-12,19,26H,2-10,13-18H2,1H3. The van der Waals surface area contributed by atoms with Crippen LogP contribution in [-0.4, -0.2) is 8.53 Å². The van der Waals surface area contributed by atoms with Crippen molar-refractivity contribution in [2.24, 2.45) is 5.41 Å². The maximum Gasteiger partial charge on any atom is 0.118 e. The third-order valence-electron chi connectivity index (χ3n) is 6.89. The van der Waals surface area contributed by atoms with E-state index in [0.717, 1.165) is 11.8 Å². The molecule has 2 fully saturated rings. The number of aromatic hydroxyl groups is 1. The maximum absolute atomic E-state index is 10.2. The molecule has 0 aromatic heterocycles. The minimum atomic E-state index is 0.500. The summed E-state index contributed by atoms with van der Waals surface area (Å²) in [7, 11) is 0. The first-order valence-electron chi connectivity index (χ1n) is 11.0. The molecule has 2 saturated carbocycles. The Labute approximate surface area is 174 Å².